The van der Waals surface area contributed by atoms with Crippen molar-refractivity contribution in [1.29, 1.82) is 0 Å². The Balaban J connectivity index is 1.28. The third-order valence-electron chi connectivity index (χ3n) is 6.79. The second-order valence-corrected chi connectivity index (χ2v) is 8.50. The third kappa shape index (κ3) is 2.90. The number of fused-ring (bicyclic) bond motifs is 1. The number of aromatic nitrogens is 2. The minimum atomic E-state index is -0.260. The van der Waals surface area contributed by atoms with E-state index in [2.05, 4.69) is 37.7 Å². The minimum absolute atomic E-state index is 0.0472. The van der Waals surface area contributed by atoms with Crippen molar-refractivity contribution < 1.29 is 9.53 Å². The van der Waals surface area contributed by atoms with Crippen LogP contribution < -0.4 is 4.90 Å². The lowest BCUT2D eigenvalue weighted by Crippen LogP contribution is -2.42. The molecule has 144 valence electrons. The summed E-state index contributed by atoms with van der Waals surface area (Å²) in [6.07, 6.45) is 9.26. The Hall–Kier alpha value is -2.08. The van der Waals surface area contributed by atoms with Crippen molar-refractivity contribution in [2.75, 3.05) is 37.6 Å². The molecule has 5 rings (SSSR count). The van der Waals surface area contributed by atoms with Crippen molar-refractivity contribution in [3.05, 3.63) is 24.5 Å². The lowest BCUT2D eigenvalue weighted by molar-refractivity contribution is -0.150. The van der Waals surface area contributed by atoms with E-state index in [0.717, 1.165) is 57.6 Å². The number of esters is 1. The van der Waals surface area contributed by atoms with Crippen LogP contribution in [0, 0.1) is 5.41 Å². The fraction of sp³-hybridized carbons (Fsp3) is 0.619. The molecule has 0 N–H and O–H groups in total. The largest absolute Gasteiger partial charge is 0.461 e. The number of anilines is 1. The van der Waals surface area contributed by atoms with Gasteiger partial charge in [0.2, 0.25) is 0 Å². The van der Waals surface area contributed by atoms with Gasteiger partial charge < -0.3 is 14.2 Å². The van der Waals surface area contributed by atoms with Crippen LogP contribution in [0.1, 0.15) is 32.1 Å². The van der Waals surface area contributed by atoms with Crippen LogP contribution >= 0.6 is 0 Å². The lowest BCUT2D eigenvalue weighted by Gasteiger charge is -2.38. The summed E-state index contributed by atoms with van der Waals surface area (Å²) in [5.41, 5.74) is 1.98. The van der Waals surface area contributed by atoms with E-state index < -0.39 is 0 Å². The van der Waals surface area contributed by atoms with E-state index >= 15 is 0 Å². The Labute approximate surface area is 160 Å². The molecular formula is C21H28N4O2. The van der Waals surface area contributed by atoms with Gasteiger partial charge in [-0.25, -0.2) is 4.98 Å². The number of hydrogen-bond acceptors (Lipinski definition) is 5. The maximum absolute atomic E-state index is 12.7. The van der Waals surface area contributed by atoms with Crippen LogP contribution in [0.25, 0.3) is 11.0 Å². The smallest absolute Gasteiger partial charge is 0.312 e. The lowest BCUT2D eigenvalue weighted by atomic mass is 9.76. The minimum Gasteiger partial charge on any atom is -0.461 e. The first kappa shape index (κ1) is 17.0. The average molecular weight is 368 g/mol. The van der Waals surface area contributed by atoms with Gasteiger partial charge >= 0.3 is 5.97 Å². The number of nitrogens with zero attached hydrogens (tertiary/aromatic N) is 4. The Kier molecular flexibility index (Phi) is 4.11. The standard InChI is InChI=1S/C21H28N4O2/c1-23-11-5-17-18(4-8-22-19(17)23)25-12-6-21(7-13-25)14-16(27-20(21)26)15-24-9-2-3-10-24/h4-5,8,11,16H,2-3,6-7,9-10,12-15H2,1H3. The maximum Gasteiger partial charge on any atom is 0.312 e. The van der Waals surface area contributed by atoms with Crippen molar-refractivity contribution in [1.82, 2.24) is 14.5 Å². The molecule has 6 heteroatoms. The molecule has 0 radical (unpaired) electrons. The van der Waals surface area contributed by atoms with Gasteiger partial charge in [-0.15, -0.1) is 0 Å². The average Bonchev–Trinajstić information content (AvgIpc) is 3.38. The summed E-state index contributed by atoms with van der Waals surface area (Å²) in [5.74, 6) is 0.0472. The van der Waals surface area contributed by atoms with E-state index in [1.807, 2.05) is 13.2 Å². The van der Waals surface area contributed by atoms with Crippen LogP contribution in [0.3, 0.4) is 0 Å². The summed E-state index contributed by atoms with van der Waals surface area (Å²) in [5, 5.41) is 1.19. The predicted molar refractivity (Wildman–Crippen MR) is 105 cm³/mol. The van der Waals surface area contributed by atoms with E-state index in [0.29, 0.717) is 0 Å². The van der Waals surface area contributed by atoms with Crippen molar-refractivity contribution in [3.63, 3.8) is 0 Å². The number of carbonyl (C=O) groups excluding carboxylic acids is 1. The molecule has 6 nitrogen and oxygen atoms in total. The number of pyridine rings is 1. The van der Waals surface area contributed by atoms with E-state index in [-0.39, 0.29) is 17.5 Å². The molecule has 1 atom stereocenters. The van der Waals surface area contributed by atoms with Crippen LogP contribution in [0.5, 0.6) is 0 Å². The Bertz CT molecular complexity index is 847. The van der Waals surface area contributed by atoms with E-state index in [4.69, 9.17) is 4.74 Å². The van der Waals surface area contributed by atoms with Gasteiger partial charge in [0.25, 0.3) is 0 Å². The summed E-state index contributed by atoms with van der Waals surface area (Å²) >= 11 is 0. The van der Waals surface area contributed by atoms with Crippen molar-refractivity contribution in [2.45, 2.75) is 38.2 Å². The van der Waals surface area contributed by atoms with Crippen molar-refractivity contribution in [2.24, 2.45) is 12.5 Å². The van der Waals surface area contributed by atoms with Gasteiger partial charge in [-0.2, -0.15) is 0 Å². The fourth-order valence-electron chi connectivity index (χ4n) is 5.20. The number of piperidine rings is 1. The summed E-state index contributed by atoms with van der Waals surface area (Å²) in [6.45, 7) is 5.04. The van der Waals surface area contributed by atoms with E-state index in [9.17, 15) is 4.79 Å². The first-order valence-electron chi connectivity index (χ1n) is 10.2. The molecular weight excluding hydrogens is 340 g/mol. The van der Waals surface area contributed by atoms with Crippen molar-refractivity contribution >= 4 is 22.7 Å². The first-order valence-corrected chi connectivity index (χ1v) is 10.2. The maximum atomic E-state index is 12.7. The Morgan fingerprint density at radius 2 is 1.96 bits per heavy atom. The summed E-state index contributed by atoms with van der Waals surface area (Å²) in [4.78, 5) is 22.1. The predicted octanol–water partition coefficient (Wildman–Crippen LogP) is 2.57. The van der Waals surface area contributed by atoms with Crippen LogP contribution in [-0.2, 0) is 16.6 Å². The first-order chi connectivity index (χ1) is 13.1. The molecule has 2 aromatic heterocycles. The molecule has 3 saturated heterocycles. The second kappa shape index (κ2) is 6.51. The fourth-order valence-corrected chi connectivity index (χ4v) is 5.20. The molecule has 0 aromatic carbocycles. The summed E-state index contributed by atoms with van der Waals surface area (Å²) < 4.78 is 7.88. The number of aryl methyl sites for hydroxylation is 1. The van der Waals surface area contributed by atoms with Crippen molar-refractivity contribution in [3.8, 4) is 0 Å². The number of cyclic esters (lactones) is 1. The molecule has 1 spiro atoms. The highest BCUT2D eigenvalue weighted by atomic mass is 16.6. The quantitative estimate of drug-likeness (QED) is 0.780. The van der Waals surface area contributed by atoms with Crippen LogP contribution in [0.15, 0.2) is 24.5 Å². The second-order valence-electron chi connectivity index (χ2n) is 8.50. The van der Waals surface area contributed by atoms with Gasteiger partial charge in [-0.3, -0.25) is 9.69 Å². The molecule has 0 bridgehead atoms. The zero-order chi connectivity index (χ0) is 18.4. The third-order valence-corrected chi connectivity index (χ3v) is 6.79. The number of hydrogen-bond donors (Lipinski definition) is 0. The molecule has 1 unspecified atom stereocenters. The monoisotopic (exact) mass is 368 g/mol. The highest BCUT2D eigenvalue weighted by molar-refractivity contribution is 5.90. The summed E-state index contributed by atoms with van der Waals surface area (Å²) in [7, 11) is 2.03. The number of carbonyl (C=O) groups is 1. The molecule has 0 amide bonds. The van der Waals surface area contributed by atoms with E-state index in [1.165, 1.54) is 23.9 Å². The van der Waals surface area contributed by atoms with Gasteiger partial charge in [0.1, 0.15) is 11.8 Å². The highest BCUT2D eigenvalue weighted by Gasteiger charge is 2.50. The van der Waals surface area contributed by atoms with Gasteiger partial charge in [-0.1, -0.05) is 0 Å². The molecule has 3 aliphatic rings. The van der Waals surface area contributed by atoms with Gasteiger partial charge in [0.15, 0.2) is 0 Å². The highest BCUT2D eigenvalue weighted by Crippen LogP contribution is 2.44. The topological polar surface area (TPSA) is 50.6 Å². The molecule has 2 aromatic rings. The van der Waals surface area contributed by atoms with Gasteiger partial charge in [-0.05, 0) is 50.9 Å². The van der Waals surface area contributed by atoms with Crippen LogP contribution in [-0.4, -0.2) is 59.2 Å². The Morgan fingerprint density at radius 1 is 1.19 bits per heavy atom. The number of ether oxygens (including phenoxy) is 1. The zero-order valence-corrected chi connectivity index (χ0v) is 16.1. The molecule has 27 heavy (non-hydrogen) atoms. The zero-order valence-electron chi connectivity index (χ0n) is 16.1. The molecule has 0 aliphatic carbocycles. The van der Waals surface area contributed by atoms with Crippen LogP contribution in [0.2, 0.25) is 0 Å². The Morgan fingerprint density at radius 3 is 2.74 bits per heavy atom. The van der Waals surface area contributed by atoms with Gasteiger partial charge in [0.05, 0.1) is 5.41 Å². The molecule has 0 saturated carbocycles. The molecule has 3 aliphatic heterocycles. The SMILES string of the molecule is Cn1ccc2c(N3CCC4(CC3)CC(CN3CCCC3)OC4=O)ccnc21. The van der Waals surface area contributed by atoms with E-state index in [1.54, 1.807) is 0 Å². The molecule has 5 heterocycles. The van der Waals surface area contributed by atoms with Crippen LogP contribution in [0.4, 0.5) is 5.69 Å². The number of likely N-dealkylation sites (tertiary alicyclic amines) is 1. The van der Waals surface area contributed by atoms with Gasteiger partial charge in [0, 0.05) is 56.6 Å². The molecule has 3 fully saturated rings. The normalized spacial score (nSPS) is 25.6. The summed E-state index contributed by atoms with van der Waals surface area (Å²) in [6, 6.07) is 4.24. The number of rotatable bonds is 3.